The van der Waals surface area contributed by atoms with E-state index in [1.165, 1.54) is 22.5 Å². The Bertz CT molecular complexity index is 492. The molecule has 2 nitrogen and oxygen atoms in total. The van der Waals surface area contributed by atoms with Crippen molar-refractivity contribution in [2.45, 2.75) is 46.1 Å². The molecule has 2 aromatic rings. The van der Waals surface area contributed by atoms with Crippen LogP contribution in [0.2, 0.25) is 0 Å². The number of aromatic nitrogens is 1. The van der Waals surface area contributed by atoms with Crippen LogP contribution in [0, 0.1) is 5.41 Å². The van der Waals surface area contributed by atoms with Gasteiger partial charge in [-0.25, -0.2) is 4.98 Å². The van der Waals surface area contributed by atoms with E-state index in [0.29, 0.717) is 11.5 Å². The minimum Gasteiger partial charge on any atom is -0.316 e. The van der Waals surface area contributed by atoms with Crippen LogP contribution >= 0.6 is 11.3 Å². The zero-order valence-corrected chi connectivity index (χ0v) is 13.2. The molecule has 1 aromatic heterocycles. The van der Waals surface area contributed by atoms with Crippen LogP contribution in [-0.2, 0) is 6.42 Å². The van der Waals surface area contributed by atoms with Crippen LogP contribution in [0.1, 0.15) is 38.6 Å². The summed E-state index contributed by atoms with van der Waals surface area (Å²) < 4.78 is 1.30. The first kappa shape index (κ1) is 14.5. The number of thiazole rings is 1. The molecule has 1 heterocycles. The summed E-state index contributed by atoms with van der Waals surface area (Å²) in [7, 11) is 2.06. The number of nitrogens with zero attached hydrogens (tertiary/aromatic N) is 1. The highest BCUT2D eigenvalue weighted by Gasteiger charge is 2.22. The van der Waals surface area contributed by atoms with E-state index in [9.17, 15) is 0 Å². The topological polar surface area (TPSA) is 24.9 Å². The zero-order chi connectivity index (χ0) is 13.9. The predicted molar refractivity (Wildman–Crippen MR) is 84.9 cm³/mol. The van der Waals surface area contributed by atoms with Crippen molar-refractivity contribution in [2.75, 3.05) is 7.05 Å². The van der Waals surface area contributed by atoms with Crippen LogP contribution in [0.5, 0.6) is 0 Å². The maximum atomic E-state index is 4.70. The zero-order valence-electron chi connectivity index (χ0n) is 12.4. The number of nitrogens with one attached hydrogen (secondary N) is 1. The van der Waals surface area contributed by atoms with Crippen molar-refractivity contribution < 1.29 is 0 Å². The maximum absolute atomic E-state index is 4.70. The summed E-state index contributed by atoms with van der Waals surface area (Å²) >= 11 is 1.83. The Morgan fingerprint density at radius 2 is 2.00 bits per heavy atom. The SMILES string of the molecule is CNC(CCCc1nc2ccccc2s1)C(C)(C)C. The Labute approximate surface area is 120 Å². The monoisotopic (exact) mass is 276 g/mol. The lowest BCUT2D eigenvalue weighted by Crippen LogP contribution is -2.37. The van der Waals surface area contributed by atoms with E-state index in [0.717, 1.165) is 11.9 Å². The second-order valence-electron chi connectivity index (χ2n) is 6.17. The number of fused-ring (bicyclic) bond motifs is 1. The van der Waals surface area contributed by atoms with Crippen LogP contribution in [0.4, 0.5) is 0 Å². The number of rotatable bonds is 5. The molecule has 1 unspecified atom stereocenters. The molecule has 0 aliphatic carbocycles. The summed E-state index contributed by atoms with van der Waals surface area (Å²) in [5, 5.41) is 4.71. The predicted octanol–water partition coefficient (Wildman–Crippen LogP) is 4.25. The van der Waals surface area contributed by atoms with Crippen molar-refractivity contribution in [3.63, 3.8) is 0 Å². The number of para-hydroxylation sites is 1. The number of hydrogen-bond acceptors (Lipinski definition) is 3. The molecule has 0 aliphatic rings. The van der Waals surface area contributed by atoms with Crippen LogP contribution < -0.4 is 5.32 Å². The van der Waals surface area contributed by atoms with Crippen molar-refractivity contribution >= 4 is 21.6 Å². The van der Waals surface area contributed by atoms with Gasteiger partial charge in [0.2, 0.25) is 0 Å². The van der Waals surface area contributed by atoms with Gasteiger partial charge in [0.15, 0.2) is 0 Å². The molecule has 0 saturated heterocycles. The first-order chi connectivity index (χ1) is 9.00. The molecular formula is C16H24N2S. The minimum atomic E-state index is 0.322. The minimum absolute atomic E-state index is 0.322. The van der Waals surface area contributed by atoms with E-state index in [2.05, 4.69) is 57.4 Å². The largest absolute Gasteiger partial charge is 0.316 e. The van der Waals surface area contributed by atoms with Crippen molar-refractivity contribution in [3.05, 3.63) is 29.3 Å². The third kappa shape index (κ3) is 3.77. The third-order valence-electron chi connectivity index (χ3n) is 3.62. The molecule has 2 rings (SSSR count). The van der Waals surface area contributed by atoms with Gasteiger partial charge in [0.1, 0.15) is 0 Å². The van der Waals surface area contributed by atoms with Gasteiger partial charge in [0.25, 0.3) is 0 Å². The first-order valence-corrected chi connectivity index (χ1v) is 7.84. The molecule has 0 radical (unpaired) electrons. The highest BCUT2D eigenvalue weighted by atomic mass is 32.1. The summed E-state index contributed by atoms with van der Waals surface area (Å²) in [6.07, 6.45) is 3.49. The van der Waals surface area contributed by atoms with Gasteiger partial charge < -0.3 is 5.32 Å². The van der Waals surface area contributed by atoms with E-state index in [4.69, 9.17) is 4.98 Å². The highest BCUT2D eigenvalue weighted by Crippen LogP contribution is 2.25. The van der Waals surface area contributed by atoms with Gasteiger partial charge in [-0.05, 0) is 43.9 Å². The average Bonchev–Trinajstić information content (AvgIpc) is 2.75. The number of hydrogen-bond donors (Lipinski definition) is 1. The Hall–Kier alpha value is -0.930. The van der Waals surface area contributed by atoms with Crippen molar-refractivity contribution in [3.8, 4) is 0 Å². The average molecular weight is 276 g/mol. The molecule has 0 fully saturated rings. The van der Waals surface area contributed by atoms with Gasteiger partial charge >= 0.3 is 0 Å². The van der Waals surface area contributed by atoms with Gasteiger partial charge in [-0.1, -0.05) is 32.9 Å². The van der Waals surface area contributed by atoms with E-state index in [1.54, 1.807) is 0 Å². The second kappa shape index (κ2) is 6.02. The highest BCUT2D eigenvalue weighted by molar-refractivity contribution is 7.18. The summed E-state index contributed by atoms with van der Waals surface area (Å²) in [5.74, 6) is 0. The number of aryl methyl sites for hydroxylation is 1. The summed E-state index contributed by atoms with van der Waals surface area (Å²) in [4.78, 5) is 4.70. The van der Waals surface area contributed by atoms with Gasteiger partial charge in [0.05, 0.1) is 15.2 Å². The third-order valence-corrected chi connectivity index (χ3v) is 4.71. The molecule has 104 valence electrons. The molecule has 1 aromatic carbocycles. The Balaban J connectivity index is 1.92. The lowest BCUT2D eigenvalue weighted by Gasteiger charge is -2.30. The molecule has 19 heavy (non-hydrogen) atoms. The smallest absolute Gasteiger partial charge is 0.0938 e. The molecule has 1 N–H and O–H groups in total. The Morgan fingerprint density at radius 3 is 2.63 bits per heavy atom. The quantitative estimate of drug-likeness (QED) is 0.883. The van der Waals surface area contributed by atoms with E-state index in [-0.39, 0.29) is 0 Å². The first-order valence-electron chi connectivity index (χ1n) is 7.02. The molecular weight excluding hydrogens is 252 g/mol. The van der Waals surface area contributed by atoms with E-state index >= 15 is 0 Å². The van der Waals surface area contributed by atoms with Crippen LogP contribution in [0.3, 0.4) is 0 Å². The fourth-order valence-electron chi connectivity index (χ4n) is 2.49. The normalized spacial score (nSPS) is 13.9. The van der Waals surface area contributed by atoms with Gasteiger partial charge in [0, 0.05) is 6.04 Å². The molecule has 0 saturated carbocycles. The fraction of sp³-hybridized carbons (Fsp3) is 0.562. The maximum Gasteiger partial charge on any atom is 0.0938 e. The molecule has 0 spiro atoms. The van der Waals surface area contributed by atoms with Crippen LogP contribution in [0.15, 0.2) is 24.3 Å². The second-order valence-corrected chi connectivity index (χ2v) is 7.29. The van der Waals surface area contributed by atoms with Gasteiger partial charge in [-0.2, -0.15) is 0 Å². The molecule has 3 heteroatoms. The summed E-state index contributed by atoms with van der Waals surface area (Å²) in [5.41, 5.74) is 1.46. The van der Waals surface area contributed by atoms with Crippen molar-refractivity contribution in [1.29, 1.82) is 0 Å². The lowest BCUT2D eigenvalue weighted by molar-refractivity contribution is 0.263. The van der Waals surface area contributed by atoms with E-state index in [1.807, 2.05) is 11.3 Å². The Kier molecular flexibility index (Phi) is 4.58. The fourth-order valence-corrected chi connectivity index (χ4v) is 3.50. The Morgan fingerprint density at radius 1 is 1.26 bits per heavy atom. The van der Waals surface area contributed by atoms with Crippen molar-refractivity contribution in [1.82, 2.24) is 10.3 Å². The van der Waals surface area contributed by atoms with Gasteiger partial charge in [-0.15, -0.1) is 11.3 Å². The summed E-state index contributed by atoms with van der Waals surface area (Å²) in [6.45, 7) is 6.89. The molecule has 1 atom stereocenters. The lowest BCUT2D eigenvalue weighted by atomic mass is 9.84. The van der Waals surface area contributed by atoms with Crippen LogP contribution in [-0.4, -0.2) is 18.1 Å². The molecule has 0 bridgehead atoms. The van der Waals surface area contributed by atoms with E-state index < -0.39 is 0 Å². The number of benzene rings is 1. The van der Waals surface area contributed by atoms with Gasteiger partial charge in [-0.3, -0.25) is 0 Å². The summed E-state index contributed by atoms with van der Waals surface area (Å²) in [6, 6.07) is 8.97. The van der Waals surface area contributed by atoms with Crippen molar-refractivity contribution in [2.24, 2.45) is 5.41 Å². The molecule has 0 aliphatic heterocycles. The van der Waals surface area contributed by atoms with Crippen LogP contribution in [0.25, 0.3) is 10.2 Å². The molecule has 0 amide bonds. The standard InChI is InChI=1S/C16H24N2S/c1-16(2,3)14(17-4)10-7-11-15-18-12-8-5-6-9-13(12)19-15/h5-6,8-9,14,17H,7,10-11H2,1-4H3.